The molecule has 3 aromatic carbocycles. The van der Waals surface area contributed by atoms with Gasteiger partial charge in [0.15, 0.2) is 0 Å². The van der Waals surface area contributed by atoms with Gasteiger partial charge in [0.05, 0.1) is 10.6 Å². The summed E-state index contributed by atoms with van der Waals surface area (Å²) in [6.07, 6.45) is 0.381. The van der Waals surface area contributed by atoms with E-state index in [2.05, 4.69) is 5.32 Å². The topological polar surface area (TPSA) is 86.8 Å². The molecular formula is C30H37N3O4S. The number of carbonyl (C=O) groups excluding carboxylic acids is 2. The maximum Gasteiger partial charge on any atom is 0.264 e. The van der Waals surface area contributed by atoms with Crippen LogP contribution in [-0.4, -0.2) is 44.8 Å². The SMILES string of the molecule is CC[C@H](C(=O)NC)N(Cc1ccccc1C)C(=O)CN(c1cc(C)cc(C)c1)S(=O)(=O)c1ccc(C)cc1. The highest BCUT2D eigenvalue weighted by Gasteiger charge is 2.33. The number of amides is 2. The van der Waals surface area contributed by atoms with Gasteiger partial charge in [-0.05, 0) is 80.6 Å². The summed E-state index contributed by atoms with van der Waals surface area (Å²) in [5.74, 6) is -0.757. The molecule has 0 saturated carbocycles. The number of nitrogens with one attached hydrogen (secondary N) is 1. The Hall–Kier alpha value is -3.65. The summed E-state index contributed by atoms with van der Waals surface area (Å²) >= 11 is 0. The monoisotopic (exact) mass is 535 g/mol. The molecule has 0 aromatic heterocycles. The molecule has 0 aliphatic carbocycles. The Morgan fingerprint density at radius 2 is 1.47 bits per heavy atom. The van der Waals surface area contributed by atoms with Crippen LogP contribution in [0.4, 0.5) is 5.69 Å². The fourth-order valence-corrected chi connectivity index (χ4v) is 5.92. The molecule has 1 atom stereocenters. The van der Waals surface area contributed by atoms with Crippen LogP contribution in [0.5, 0.6) is 0 Å². The third kappa shape index (κ3) is 6.61. The van der Waals surface area contributed by atoms with Gasteiger partial charge in [-0.1, -0.05) is 55.0 Å². The maximum atomic E-state index is 14.0. The number of aryl methyl sites for hydroxylation is 4. The minimum absolute atomic E-state index is 0.0962. The van der Waals surface area contributed by atoms with Gasteiger partial charge in [0.2, 0.25) is 11.8 Å². The number of nitrogens with zero attached hydrogens (tertiary/aromatic N) is 2. The maximum absolute atomic E-state index is 14.0. The number of sulfonamides is 1. The zero-order valence-corrected chi connectivity index (χ0v) is 23.8. The first-order valence-electron chi connectivity index (χ1n) is 12.7. The fraction of sp³-hybridized carbons (Fsp3) is 0.333. The average molecular weight is 536 g/mol. The van der Waals surface area contributed by atoms with Crippen LogP contribution in [0, 0.1) is 27.7 Å². The van der Waals surface area contributed by atoms with Crippen molar-refractivity contribution in [1.29, 1.82) is 0 Å². The third-order valence-electron chi connectivity index (χ3n) is 6.62. The zero-order chi connectivity index (χ0) is 28.0. The van der Waals surface area contributed by atoms with Gasteiger partial charge in [0.25, 0.3) is 10.0 Å². The number of benzene rings is 3. The lowest BCUT2D eigenvalue weighted by Gasteiger charge is -2.33. The van der Waals surface area contributed by atoms with Crippen molar-refractivity contribution in [2.24, 2.45) is 0 Å². The summed E-state index contributed by atoms with van der Waals surface area (Å²) in [6.45, 7) is 9.18. The smallest absolute Gasteiger partial charge is 0.264 e. The summed E-state index contributed by atoms with van der Waals surface area (Å²) in [7, 11) is -2.55. The third-order valence-corrected chi connectivity index (χ3v) is 8.40. The van der Waals surface area contributed by atoms with Gasteiger partial charge in [-0.3, -0.25) is 13.9 Å². The van der Waals surface area contributed by atoms with Gasteiger partial charge in [-0.2, -0.15) is 0 Å². The molecule has 0 unspecified atom stereocenters. The van der Waals surface area contributed by atoms with Gasteiger partial charge in [-0.25, -0.2) is 8.42 Å². The van der Waals surface area contributed by atoms with Crippen molar-refractivity contribution >= 4 is 27.5 Å². The van der Waals surface area contributed by atoms with E-state index in [4.69, 9.17) is 0 Å². The van der Waals surface area contributed by atoms with Crippen LogP contribution in [0.3, 0.4) is 0 Å². The van der Waals surface area contributed by atoms with Gasteiger partial charge < -0.3 is 10.2 Å². The Labute approximate surface area is 226 Å². The van der Waals surface area contributed by atoms with Crippen LogP contribution in [0.25, 0.3) is 0 Å². The lowest BCUT2D eigenvalue weighted by Crippen LogP contribution is -2.51. The van der Waals surface area contributed by atoms with Gasteiger partial charge in [-0.15, -0.1) is 0 Å². The molecule has 2 amide bonds. The first kappa shape index (κ1) is 28.9. The zero-order valence-electron chi connectivity index (χ0n) is 23.0. The van der Waals surface area contributed by atoms with E-state index in [-0.39, 0.29) is 17.3 Å². The van der Waals surface area contributed by atoms with E-state index in [9.17, 15) is 18.0 Å². The molecule has 3 aromatic rings. The molecule has 0 fully saturated rings. The second-order valence-corrected chi connectivity index (χ2v) is 11.5. The van der Waals surface area contributed by atoms with E-state index in [0.717, 1.165) is 32.1 Å². The Balaban J connectivity index is 2.11. The second-order valence-electron chi connectivity index (χ2n) is 9.66. The van der Waals surface area contributed by atoms with Crippen molar-refractivity contribution < 1.29 is 18.0 Å². The Bertz CT molecular complexity index is 1380. The highest BCUT2D eigenvalue weighted by molar-refractivity contribution is 7.92. The van der Waals surface area contributed by atoms with Crippen molar-refractivity contribution in [3.8, 4) is 0 Å². The van der Waals surface area contributed by atoms with Crippen LogP contribution in [0.2, 0.25) is 0 Å². The molecule has 0 radical (unpaired) electrons. The number of rotatable bonds is 10. The quantitative estimate of drug-likeness (QED) is 0.409. The van der Waals surface area contributed by atoms with E-state index in [1.807, 2.05) is 65.0 Å². The molecule has 8 heteroatoms. The molecule has 0 heterocycles. The Morgan fingerprint density at radius 3 is 2.03 bits per heavy atom. The lowest BCUT2D eigenvalue weighted by molar-refractivity contribution is -0.140. The molecule has 0 aliphatic rings. The predicted octanol–water partition coefficient (Wildman–Crippen LogP) is 4.67. The fourth-order valence-electron chi connectivity index (χ4n) is 4.52. The van der Waals surface area contributed by atoms with E-state index in [1.54, 1.807) is 36.4 Å². The molecule has 3 rings (SSSR count). The van der Waals surface area contributed by atoms with Crippen LogP contribution in [0.1, 0.15) is 41.2 Å². The molecule has 0 saturated heterocycles. The van der Waals surface area contributed by atoms with Crippen molar-refractivity contribution in [1.82, 2.24) is 10.2 Å². The van der Waals surface area contributed by atoms with Crippen molar-refractivity contribution in [2.75, 3.05) is 17.9 Å². The highest BCUT2D eigenvalue weighted by atomic mass is 32.2. The average Bonchev–Trinajstić information content (AvgIpc) is 2.87. The lowest BCUT2D eigenvalue weighted by atomic mass is 10.1. The standard InChI is InChI=1S/C30H37N3O4S/c1-7-28(30(35)31-6)32(19-25-11-9-8-10-24(25)5)29(34)20-33(26-17-22(3)16-23(4)18-26)38(36,37)27-14-12-21(2)13-15-27/h8-18,28H,7,19-20H2,1-6H3,(H,31,35)/t28-/m1/s1. The number of likely N-dealkylation sites (N-methyl/N-ethyl adjacent to an activating group) is 1. The van der Waals surface area contributed by atoms with Crippen LogP contribution in [0.15, 0.2) is 71.6 Å². The van der Waals surface area contributed by atoms with E-state index in [0.29, 0.717) is 12.1 Å². The molecule has 0 bridgehead atoms. The number of hydrogen-bond donors (Lipinski definition) is 1. The van der Waals surface area contributed by atoms with Crippen LogP contribution < -0.4 is 9.62 Å². The highest BCUT2D eigenvalue weighted by Crippen LogP contribution is 2.27. The Kier molecular flexibility index (Phi) is 9.33. The summed E-state index contributed by atoms with van der Waals surface area (Å²) in [6, 6.07) is 18.9. The van der Waals surface area contributed by atoms with E-state index >= 15 is 0 Å². The second kappa shape index (κ2) is 12.3. The van der Waals surface area contributed by atoms with Crippen LogP contribution in [-0.2, 0) is 26.2 Å². The van der Waals surface area contributed by atoms with Crippen LogP contribution >= 0.6 is 0 Å². The van der Waals surface area contributed by atoms with Crippen molar-refractivity contribution in [3.63, 3.8) is 0 Å². The molecule has 7 nitrogen and oxygen atoms in total. The number of hydrogen-bond acceptors (Lipinski definition) is 4. The number of carbonyl (C=O) groups is 2. The largest absolute Gasteiger partial charge is 0.357 e. The summed E-state index contributed by atoms with van der Waals surface area (Å²) in [5.41, 5.74) is 4.97. The summed E-state index contributed by atoms with van der Waals surface area (Å²) < 4.78 is 29.0. The number of anilines is 1. The van der Waals surface area contributed by atoms with Crippen molar-refractivity contribution in [3.05, 3.63) is 94.5 Å². The molecular weight excluding hydrogens is 498 g/mol. The van der Waals surface area contributed by atoms with E-state index < -0.39 is 28.5 Å². The molecule has 0 aliphatic heterocycles. The van der Waals surface area contributed by atoms with Gasteiger partial charge >= 0.3 is 0 Å². The van der Waals surface area contributed by atoms with Gasteiger partial charge in [0, 0.05) is 13.6 Å². The summed E-state index contributed by atoms with van der Waals surface area (Å²) in [5, 5.41) is 2.65. The van der Waals surface area contributed by atoms with Gasteiger partial charge in [0.1, 0.15) is 12.6 Å². The van der Waals surface area contributed by atoms with Crippen molar-refractivity contribution in [2.45, 2.75) is 58.5 Å². The predicted molar refractivity (Wildman–Crippen MR) is 152 cm³/mol. The minimum Gasteiger partial charge on any atom is -0.357 e. The first-order valence-corrected chi connectivity index (χ1v) is 14.1. The molecule has 0 spiro atoms. The summed E-state index contributed by atoms with van der Waals surface area (Å²) in [4.78, 5) is 28.4. The minimum atomic E-state index is -4.09. The molecule has 1 N–H and O–H groups in total. The normalized spacial score (nSPS) is 12.1. The van der Waals surface area contributed by atoms with E-state index in [1.165, 1.54) is 11.9 Å². The molecule has 38 heavy (non-hydrogen) atoms. The Morgan fingerprint density at radius 1 is 0.868 bits per heavy atom. The molecule has 202 valence electrons. The first-order chi connectivity index (χ1) is 18.0.